The minimum Gasteiger partial charge on any atom is -0.477 e. The number of carboxylic acid groups (broad SMARTS) is 1. The molecule has 0 aliphatic heterocycles. The van der Waals surface area contributed by atoms with E-state index >= 15 is 0 Å². The number of amides is 1. The first kappa shape index (κ1) is 7.97. The van der Waals surface area contributed by atoms with Crippen molar-refractivity contribution < 1.29 is 14.7 Å². The molecule has 0 atom stereocenters. The molecule has 1 amide bonds. The Balaban J connectivity index is 4.17. The van der Waals surface area contributed by atoms with Gasteiger partial charge in [0.05, 0.1) is 0 Å². The van der Waals surface area contributed by atoms with Crippen LogP contribution in [0, 0.1) is 0 Å². The van der Waals surface area contributed by atoms with Crippen molar-refractivity contribution in [1.29, 1.82) is 0 Å². The first-order valence-corrected chi connectivity index (χ1v) is 2.31. The van der Waals surface area contributed by atoms with Gasteiger partial charge in [0, 0.05) is 6.08 Å². The first-order valence-electron chi connectivity index (χ1n) is 1.94. The quantitative estimate of drug-likeness (QED) is 0.528. The van der Waals surface area contributed by atoms with Crippen LogP contribution in [-0.2, 0) is 9.59 Å². The molecule has 0 fully saturated rings. The van der Waals surface area contributed by atoms with Crippen LogP contribution in [0.25, 0.3) is 0 Å². The number of hydrogen-bond donors (Lipinski definition) is 2. The molecular weight excluding hydrogens is 146 g/mol. The molecule has 0 radical (unpaired) electrons. The van der Waals surface area contributed by atoms with E-state index in [9.17, 15) is 9.59 Å². The van der Waals surface area contributed by atoms with Crippen molar-refractivity contribution in [3.8, 4) is 0 Å². The lowest BCUT2D eigenvalue weighted by Gasteiger charge is -1.84. The number of aliphatic carboxylic acids is 1. The molecule has 3 N–H and O–H groups in total. The second-order valence-corrected chi connectivity index (χ2v) is 1.61. The maximum atomic E-state index is 9.91. The molecule has 5 heteroatoms. The first-order chi connectivity index (χ1) is 4.04. The third-order valence-corrected chi connectivity index (χ3v) is 0.744. The van der Waals surface area contributed by atoms with Crippen LogP contribution in [0.15, 0.2) is 11.1 Å². The van der Waals surface area contributed by atoms with Gasteiger partial charge < -0.3 is 10.8 Å². The van der Waals surface area contributed by atoms with Crippen LogP contribution in [0.4, 0.5) is 0 Å². The van der Waals surface area contributed by atoms with E-state index in [0.717, 1.165) is 0 Å². The zero-order valence-corrected chi connectivity index (χ0v) is 5.05. The molecule has 0 aliphatic rings. The lowest BCUT2D eigenvalue weighted by atomic mass is 10.5. The van der Waals surface area contributed by atoms with E-state index < -0.39 is 16.9 Å². The highest BCUT2D eigenvalue weighted by molar-refractivity contribution is 6.42. The molecule has 0 heterocycles. The van der Waals surface area contributed by atoms with E-state index in [1.807, 2.05) is 0 Å². The summed E-state index contributed by atoms with van der Waals surface area (Å²) < 4.78 is 0. The van der Waals surface area contributed by atoms with Gasteiger partial charge >= 0.3 is 5.97 Å². The summed E-state index contributed by atoms with van der Waals surface area (Å²) in [6.07, 6.45) is 0.629. The van der Waals surface area contributed by atoms with Crippen molar-refractivity contribution in [2.45, 2.75) is 0 Å². The lowest BCUT2D eigenvalue weighted by molar-refractivity contribution is -0.132. The number of nitrogens with two attached hydrogens (primary N) is 1. The van der Waals surface area contributed by atoms with Gasteiger partial charge in [0.1, 0.15) is 5.03 Å². The third-order valence-electron chi connectivity index (χ3n) is 0.473. The van der Waals surface area contributed by atoms with Crippen LogP contribution >= 0.6 is 11.6 Å². The summed E-state index contributed by atoms with van der Waals surface area (Å²) in [7, 11) is 0. The summed E-state index contributed by atoms with van der Waals surface area (Å²) in [5.74, 6) is -2.24. The van der Waals surface area contributed by atoms with E-state index in [1.54, 1.807) is 0 Å². The van der Waals surface area contributed by atoms with E-state index in [2.05, 4.69) is 5.73 Å². The molecule has 0 unspecified atom stereocenters. The van der Waals surface area contributed by atoms with Crippen LogP contribution in [-0.4, -0.2) is 17.0 Å². The number of carbonyl (C=O) groups is 2. The number of carboxylic acids is 1. The largest absolute Gasteiger partial charge is 0.477 e. The van der Waals surface area contributed by atoms with Crippen molar-refractivity contribution in [2.24, 2.45) is 5.73 Å². The average molecular weight is 150 g/mol. The van der Waals surface area contributed by atoms with Crippen LogP contribution < -0.4 is 5.73 Å². The second-order valence-electron chi connectivity index (χ2n) is 1.20. The number of primary amides is 1. The Morgan fingerprint density at radius 1 is 1.56 bits per heavy atom. The van der Waals surface area contributed by atoms with Crippen molar-refractivity contribution in [3.05, 3.63) is 11.1 Å². The summed E-state index contributed by atoms with van der Waals surface area (Å²) in [4.78, 5) is 19.7. The van der Waals surface area contributed by atoms with Gasteiger partial charge in [-0.3, -0.25) is 4.79 Å². The van der Waals surface area contributed by atoms with Crippen LogP contribution in [0.5, 0.6) is 0 Å². The molecule has 0 spiro atoms. The fourth-order valence-electron chi connectivity index (χ4n) is 0.187. The summed E-state index contributed by atoms with van der Waals surface area (Å²) >= 11 is 4.97. The molecule has 4 nitrogen and oxygen atoms in total. The predicted molar refractivity (Wildman–Crippen MR) is 30.8 cm³/mol. The van der Waals surface area contributed by atoms with Crippen LogP contribution in [0.3, 0.4) is 0 Å². The standard InChI is InChI=1S/C4H4ClNO3/c5-2(4(8)9)1-3(6)7/h1H,(H2,6,7)(H,8,9)/b2-1+. The van der Waals surface area contributed by atoms with Crippen LogP contribution in [0.2, 0.25) is 0 Å². The third kappa shape index (κ3) is 3.54. The summed E-state index contributed by atoms with van der Waals surface area (Å²) in [6, 6.07) is 0. The second kappa shape index (κ2) is 3.09. The molecule has 0 aromatic rings. The molecule has 0 aromatic carbocycles. The topological polar surface area (TPSA) is 80.4 Å². The van der Waals surface area contributed by atoms with E-state index in [-0.39, 0.29) is 0 Å². The molecule has 0 saturated heterocycles. The predicted octanol–water partition coefficient (Wildman–Crippen LogP) is -0.321. The number of halogens is 1. The Morgan fingerprint density at radius 3 is 2.11 bits per heavy atom. The Hall–Kier alpha value is -1.03. The summed E-state index contributed by atoms with van der Waals surface area (Å²) in [6.45, 7) is 0. The number of carbonyl (C=O) groups excluding carboxylic acids is 1. The van der Waals surface area contributed by atoms with Gasteiger partial charge in [0.2, 0.25) is 5.91 Å². The van der Waals surface area contributed by atoms with Gasteiger partial charge in [-0.1, -0.05) is 11.6 Å². The van der Waals surface area contributed by atoms with E-state index in [0.29, 0.717) is 6.08 Å². The average Bonchev–Trinajstić information content (AvgIpc) is 1.63. The smallest absolute Gasteiger partial charge is 0.347 e. The van der Waals surface area contributed by atoms with Gasteiger partial charge in [-0.2, -0.15) is 0 Å². The molecule has 0 aliphatic carbocycles. The van der Waals surface area contributed by atoms with E-state index in [4.69, 9.17) is 16.7 Å². The number of rotatable bonds is 2. The summed E-state index contributed by atoms with van der Waals surface area (Å²) in [5.41, 5.74) is 4.57. The van der Waals surface area contributed by atoms with Gasteiger partial charge in [-0.25, -0.2) is 4.79 Å². The maximum absolute atomic E-state index is 9.91. The molecule has 0 bridgehead atoms. The fraction of sp³-hybridized carbons (Fsp3) is 0. The van der Waals surface area contributed by atoms with Gasteiger partial charge in [0.25, 0.3) is 0 Å². The zero-order valence-electron chi connectivity index (χ0n) is 4.30. The zero-order chi connectivity index (χ0) is 7.44. The van der Waals surface area contributed by atoms with Crippen molar-refractivity contribution in [1.82, 2.24) is 0 Å². The van der Waals surface area contributed by atoms with Crippen molar-refractivity contribution in [3.63, 3.8) is 0 Å². The van der Waals surface area contributed by atoms with Gasteiger partial charge in [0.15, 0.2) is 0 Å². The normalized spacial score (nSPS) is 11.0. The molecule has 0 aromatic heterocycles. The molecule has 9 heavy (non-hydrogen) atoms. The summed E-state index contributed by atoms with van der Waals surface area (Å²) in [5, 5.41) is 7.44. The highest BCUT2D eigenvalue weighted by Gasteiger charge is 2.02. The van der Waals surface area contributed by atoms with E-state index in [1.165, 1.54) is 0 Å². The fourth-order valence-corrected chi connectivity index (χ4v) is 0.294. The Bertz CT molecular complexity index is 175. The molecule has 0 rings (SSSR count). The Kier molecular flexibility index (Phi) is 2.73. The minimum absolute atomic E-state index is 0.581. The van der Waals surface area contributed by atoms with Crippen molar-refractivity contribution in [2.75, 3.05) is 0 Å². The van der Waals surface area contributed by atoms with Gasteiger partial charge in [-0.15, -0.1) is 0 Å². The van der Waals surface area contributed by atoms with Gasteiger partial charge in [-0.05, 0) is 0 Å². The monoisotopic (exact) mass is 149 g/mol. The van der Waals surface area contributed by atoms with Crippen molar-refractivity contribution >= 4 is 23.5 Å². The number of hydrogen-bond acceptors (Lipinski definition) is 2. The van der Waals surface area contributed by atoms with Crippen LogP contribution in [0.1, 0.15) is 0 Å². The Morgan fingerprint density at radius 2 is 2.00 bits per heavy atom. The maximum Gasteiger partial charge on any atom is 0.347 e. The molecule has 0 saturated carbocycles. The SMILES string of the molecule is NC(=O)/C=C(/Cl)C(=O)O. The minimum atomic E-state index is -1.37. The highest BCUT2D eigenvalue weighted by Crippen LogP contribution is 1.98. The highest BCUT2D eigenvalue weighted by atomic mass is 35.5. The molecule has 50 valence electrons. The lowest BCUT2D eigenvalue weighted by Crippen LogP contribution is -2.08. The Labute approximate surface area is 55.9 Å². The molecular formula is C4H4ClNO3.